The van der Waals surface area contributed by atoms with Gasteiger partial charge in [-0.1, -0.05) is 95.1 Å². The molecule has 3 rings (SSSR count). The largest absolute Gasteiger partial charge is 0.508 e. The SMILES string of the molecule is CC.CC.CNC(Cc1ccc(O)cc1)C(=O)NC(Cc1ccc2ccccc2c1)C(=O)NC(CCCCNC(=O)CCCCCCC(C)=O)C(=O)O. The number of fused-ring (bicyclic) bond motifs is 1. The molecule has 0 aliphatic heterocycles. The molecule has 11 heteroatoms. The summed E-state index contributed by atoms with van der Waals surface area (Å²) in [6, 6.07) is 17.2. The summed E-state index contributed by atoms with van der Waals surface area (Å²) in [6.07, 6.45) is 5.98. The van der Waals surface area contributed by atoms with Crippen molar-refractivity contribution < 1.29 is 34.2 Å². The van der Waals surface area contributed by atoms with Crippen LogP contribution in [0.5, 0.6) is 5.75 Å². The standard InChI is InChI=1S/C38H50N4O7.2C2H6/c1-26(43)11-5-3-4-6-15-35(45)40-22-10-9-14-32(38(48)49)41-37(47)34(25-28-16-19-29-12-7-8-13-30(29)23-28)42-36(46)33(39-2)24-27-17-20-31(44)21-18-27;2*1-2/h7-8,12-13,16-21,23,32-34,39,44H,3-6,9-11,14-15,22,24-25H2,1-2H3,(H,40,45)(H,41,47)(H,42,46)(H,48,49);2*1-2H3. The summed E-state index contributed by atoms with van der Waals surface area (Å²) in [5.41, 5.74) is 1.61. The van der Waals surface area contributed by atoms with E-state index in [1.807, 2.05) is 70.2 Å². The number of likely N-dealkylation sites (N-methyl/N-ethyl adjacent to an activating group) is 1. The van der Waals surface area contributed by atoms with Crippen LogP contribution in [0, 0.1) is 0 Å². The van der Waals surface area contributed by atoms with Gasteiger partial charge < -0.3 is 36.3 Å². The molecule has 0 saturated carbocycles. The summed E-state index contributed by atoms with van der Waals surface area (Å²) in [6.45, 7) is 9.98. The number of ketones is 1. The summed E-state index contributed by atoms with van der Waals surface area (Å²) in [7, 11) is 1.64. The molecule has 3 atom stereocenters. The average molecular weight is 735 g/mol. The fourth-order valence-corrected chi connectivity index (χ4v) is 5.61. The summed E-state index contributed by atoms with van der Waals surface area (Å²) >= 11 is 0. The highest BCUT2D eigenvalue weighted by molar-refractivity contribution is 5.92. The van der Waals surface area contributed by atoms with E-state index in [0.717, 1.165) is 47.6 Å². The third-order valence-electron chi connectivity index (χ3n) is 8.47. The van der Waals surface area contributed by atoms with Crippen LogP contribution in [0.1, 0.15) is 104 Å². The number of phenolic OH excluding ortho intramolecular Hbond substituents is 1. The van der Waals surface area contributed by atoms with Gasteiger partial charge in [0.2, 0.25) is 17.7 Å². The third kappa shape index (κ3) is 18.5. The van der Waals surface area contributed by atoms with Gasteiger partial charge in [0, 0.05) is 25.8 Å². The van der Waals surface area contributed by atoms with Gasteiger partial charge in [-0.15, -0.1) is 0 Å². The molecule has 0 bridgehead atoms. The minimum Gasteiger partial charge on any atom is -0.508 e. The predicted molar refractivity (Wildman–Crippen MR) is 212 cm³/mol. The lowest BCUT2D eigenvalue weighted by Gasteiger charge is -2.24. The fraction of sp³-hybridized carbons (Fsp3) is 0.500. The van der Waals surface area contributed by atoms with Gasteiger partial charge in [0.15, 0.2) is 0 Å². The van der Waals surface area contributed by atoms with Crippen molar-refractivity contribution in [2.24, 2.45) is 0 Å². The normalized spacial score (nSPS) is 12.1. The van der Waals surface area contributed by atoms with E-state index in [-0.39, 0.29) is 30.3 Å². The Bertz CT molecular complexity index is 1540. The molecule has 0 aliphatic rings. The van der Waals surface area contributed by atoms with Crippen LogP contribution in [0.25, 0.3) is 10.8 Å². The van der Waals surface area contributed by atoms with Crippen LogP contribution in [-0.2, 0) is 36.8 Å². The highest BCUT2D eigenvalue weighted by Crippen LogP contribution is 2.18. The van der Waals surface area contributed by atoms with E-state index in [4.69, 9.17) is 0 Å². The number of phenols is 1. The molecule has 11 nitrogen and oxygen atoms in total. The number of aliphatic carboxylic acids is 1. The Hall–Kier alpha value is -4.77. The number of rotatable bonds is 22. The first kappa shape index (κ1) is 46.3. The topological polar surface area (TPSA) is 174 Å². The number of benzene rings is 3. The van der Waals surface area contributed by atoms with Gasteiger partial charge in [-0.05, 0) is 86.5 Å². The van der Waals surface area contributed by atoms with Gasteiger partial charge in [-0.3, -0.25) is 14.4 Å². The minimum atomic E-state index is -1.18. The Morgan fingerprint density at radius 2 is 1.21 bits per heavy atom. The predicted octanol–water partition coefficient (Wildman–Crippen LogP) is 6.24. The van der Waals surface area contributed by atoms with E-state index in [0.29, 0.717) is 38.6 Å². The molecule has 3 aromatic rings. The van der Waals surface area contributed by atoms with Crippen LogP contribution >= 0.6 is 0 Å². The molecule has 292 valence electrons. The summed E-state index contributed by atoms with van der Waals surface area (Å²) in [5, 5.41) is 32.9. The van der Waals surface area contributed by atoms with Crippen LogP contribution in [0.15, 0.2) is 66.7 Å². The van der Waals surface area contributed by atoms with Crippen molar-refractivity contribution in [2.45, 2.75) is 123 Å². The molecule has 0 saturated heterocycles. The molecule has 3 unspecified atom stereocenters. The van der Waals surface area contributed by atoms with Gasteiger partial charge in [0.1, 0.15) is 23.6 Å². The number of unbranched alkanes of at least 4 members (excludes halogenated alkanes) is 4. The van der Waals surface area contributed by atoms with Gasteiger partial charge in [0.25, 0.3) is 0 Å². The molecule has 0 radical (unpaired) electrons. The Labute approximate surface area is 315 Å². The van der Waals surface area contributed by atoms with E-state index in [2.05, 4.69) is 21.3 Å². The molecular weight excluding hydrogens is 672 g/mol. The van der Waals surface area contributed by atoms with Crippen LogP contribution in [0.4, 0.5) is 0 Å². The van der Waals surface area contributed by atoms with Crippen molar-refractivity contribution in [3.05, 3.63) is 77.9 Å². The van der Waals surface area contributed by atoms with Crippen molar-refractivity contribution in [1.82, 2.24) is 21.3 Å². The van der Waals surface area contributed by atoms with E-state index in [9.17, 15) is 34.2 Å². The smallest absolute Gasteiger partial charge is 0.326 e. The summed E-state index contributed by atoms with van der Waals surface area (Å²) < 4.78 is 0. The first-order valence-electron chi connectivity index (χ1n) is 19.1. The van der Waals surface area contributed by atoms with E-state index in [1.54, 1.807) is 26.1 Å². The van der Waals surface area contributed by atoms with Crippen LogP contribution in [0.2, 0.25) is 0 Å². The lowest BCUT2D eigenvalue weighted by Crippen LogP contribution is -2.56. The van der Waals surface area contributed by atoms with Gasteiger partial charge in [0.05, 0.1) is 6.04 Å². The van der Waals surface area contributed by atoms with Crippen molar-refractivity contribution in [2.75, 3.05) is 13.6 Å². The van der Waals surface area contributed by atoms with Crippen molar-refractivity contribution in [3.8, 4) is 5.75 Å². The maximum Gasteiger partial charge on any atom is 0.326 e. The number of amides is 3. The molecule has 0 heterocycles. The highest BCUT2D eigenvalue weighted by atomic mass is 16.4. The Kier molecular flexibility index (Phi) is 23.5. The molecule has 0 fully saturated rings. The average Bonchev–Trinajstić information content (AvgIpc) is 3.16. The fourth-order valence-electron chi connectivity index (χ4n) is 5.61. The number of hydrogen-bond acceptors (Lipinski definition) is 7. The summed E-state index contributed by atoms with van der Waals surface area (Å²) in [5.74, 6) is -1.98. The zero-order valence-electron chi connectivity index (χ0n) is 32.5. The lowest BCUT2D eigenvalue weighted by atomic mass is 9.99. The number of carbonyl (C=O) groups excluding carboxylic acids is 4. The van der Waals surface area contributed by atoms with E-state index < -0.39 is 35.9 Å². The molecule has 0 spiro atoms. The number of Topliss-reactive ketones (excluding diaryl/α,β-unsaturated/α-hetero) is 1. The summed E-state index contributed by atoms with van der Waals surface area (Å²) in [4.78, 5) is 62.4. The van der Waals surface area contributed by atoms with Crippen LogP contribution in [0.3, 0.4) is 0 Å². The quantitative estimate of drug-likeness (QED) is 0.0658. The van der Waals surface area contributed by atoms with E-state index >= 15 is 0 Å². The van der Waals surface area contributed by atoms with Gasteiger partial charge >= 0.3 is 5.97 Å². The number of carboxylic acids is 1. The number of carbonyl (C=O) groups is 5. The number of nitrogens with one attached hydrogen (secondary N) is 4. The van der Waals surface area contributed by atoms with Gasteiger partial charge in [-0.25, -0.2) is 4.79 Å². The number of hydrogen-bond donors (Lipinski definition) is 6. The second kappa shape index (κ2) is 26.9. The molecule has 3 amide bonds. The molecule has 3 aromatic carbocycles. The zero-order chi connectivity index (χ0) is 39.6. The van der Waals surface area contributed by atoms with Crippen molar-refractivity contribution in [3.63, 3.8) is 0 Å². The first-order valence-corrected chi connectivity index (χ1v) is 19.1. The third-order valence-corrected chi connectivity index (χ3v) is 8.47. The Balaban J connectivity index is 0.00000339. The Morgan fingerprint density at radius 1 is 0.642 bits per heavy atom. The minimum absolute atomic E-state index is 0.0628. The molecule has 6 N–H and O–H groups in total. The number of aromatic hydroxyl groups is 1. The number of carboxylic acid groups (broad SMARTS) is 1. The lowest BCUT2D eigenvalue weighted by molar-refractivity contribution is -0.142. The molecule has 0 aliphatic carbocycles. The Morgan fingerprint density at radius 3 is 1.83 bits per heavy atom. The van der Waals surface area contributed by atoms with Crippen LogP contribution < -0.4 is 21.3 Å². The van der Waals surface area contributed by atoms with Crippen molar-refractivity contribution >= 4 is 40.2 Å². The second-order valence-electron chi connectivity index (χ2n) is 12.5. The second-order valence-corrected chi connectivity index (χ2v) is 12.5. The van der Waals surface area contributed by atoms with Crippen LogP contribution in [-0.4, -0.2) is 71.4 Å². The monoisotopic (exact) mass is 734 g/mol. The maximum absolute atomic E-state index is 13.6. The first-order chi connectivity index (χ1) is 25.5. The highest BCUT2D eigenvalue weighted by Gasteiger charge is 2.29. The molecule has 53 heavy (non-hydrogen) atoms. The maximum atomic E-state index is 13.6. The van der Waals surface area contributed by atoms with Crippen molar-refractivity contribution in [1.29, 1.82) is 0 Å². The molecular formula is C42H62N4O7. The van der Waals surface area contributed by atoms with E-state index in [1.165, 1.54) is 12.1 Å². The molecule has 0 aromatic heterocycles. The zero-order valence-corrected chi connectivity index (χ0v) is 32.5. The van der Waals surface area contributed by atoms with Gasteiger partial charge in [-0.2, -0.15) is 0 Å².